The summed E-state index contributed by atoms with van der Waals surface area (Å²) >= 11 is 3.70. The standard InChI is InChI=1S/C39H36BrN3O4/c1-6-46-36-20-26(19-33(40)37(36)47-23-28-14-11-13-27-12-7-8-15-29(27)28)22-41-43-38(42-34-17-10-9-16-30(34)39(43)44)32-21-31(24(2)3)35(45-5)18-25(32)4/h7-22,24H,6,23H2,1-5H3. The van der Waals surface area contributed by atoms with Gasteiger partial charge in [0.2, 0.25) is 0 Å². The van der Waals surface area contributed by atoms with E-state index in [4.69, 9.17) is 24.3 Å². The molecule has 0 atom stereocenters. The molecule has 0 radical (unpaired) electrons. The molecule has 0 fully saturated rings. The molecule has 6 rings (SSSR count). The molecule has 8 heteroatoms. The number of rotatable bonds is 10. The largest absolute Gasteiger partial charge is 0.496 e. The van der Waals surface area contributed by atoms with Gasteiger partial charge >= 0.3 is 0 Å². The Morgan fingerprint density at radius 3 is 2.43 bits per heavy atom. The van der Waals surface area contributed by atoms with Crippen LogP contribution < -0.4 is 19.8 Å². The summed E-state index contributed by atoms with van der Waals surface area (Å²) < 4.78 is 20.1. The number of hydrogen-bond donors (Lipinski definition) is 0. The van der Waals surface area contributed by atoms with Gasteiger partial charge in [-0.3, -0.25) is 4.79 Å². The van der Waals surface area contributed by atoms with Gasteiger partial charge in [0.1, 0.15) is 12.4 Å². The molecule has 0 bridgehead atoms. The molecule has 0 unspecified atom stereocenters. The second kappa shape index (κ2) is 13.8. The Morgan fingerprint density at radius 1 is 0.915 bits per heavy atom. The summed E-state index contributed by atoms with van der Waals surface area (Å²) in [5, 5.41) is 7.52. The molecule has 0 aliphatic heterocycles. The van der Waals surface area contributed by atoms with E-state index in [0.717, 1.165) is 44.3 Å². The highest BCUT2D eigenvalue weighted by Crippen LogP contribution is 2.38. The third-order valence-electron chi connectivity index (χ3n) is 8.10. The lowest BCUT2D eigenvalue weighted by Crippen LogP contribution is -2.20. The smallest absolute Gasteiger partial charge is 0.282 e. The number of aryl methyl sites for hydroxylation is 1. The van der Waals surface area contributed by atoms with Gasteiger partial charge in [-0.25, -0.2) is 4.98 Å². The van der Waals surface area contributed by atoms with Crippen LogP contribution >= 0.6 is 15.9 Å². The Balaban J connectivity index is 1.41. The van der Waals surface area contributed by atoms with Crippen LogP contribution in [0.25, 0.3) is 33.1 Å². The highest BCUT2D eigenvalue weighted by Gasteiger charge is 2.19. The molecule has 0 amide bonds. The van der Waals surface area contributed by atoms with E-state index in [9.17, 15) is 4.79 Å². The van der Waals surface area contributed by atoms with Crippen LogP contribution in [0.5, 0.6) is 17.2 Å². The van der Waals surface area contributed by atoms with Gasteiger partial charge in [0.05, 0.1) is 35.3 Å². The summed E-state index contributed by atoms with van der Waals surface area (Å²) in [5.74, 6) is 2.61. The lowest BCUT2D eigenvalue weighted by molar-refractivity contribution is 0.268. The minimum Gasteiger partial charge on any atom is -0.496 e. The van der Waals surface area contributed by atoms with Gasteiger partial charge in [0, 0.05) is 5.56 Å². The van der Waals surface area contributed by atoms with Crippen molar-refractivity contribution in [1.29, 1.82) is 0 Å². The fraction of sp³-hybridized carbons (Fsp3) is 0.205. The van der Waals surface area contributed by atoms with E-state index >= 15 is 0 Å². The molecule has 0 spiro atoms. The molecule has 0 saturated carbocycles. The van der Waals surface area contributed by atoms with E-state index in [1.165, 1.54) is 4.68 Å². The molecular weight excluding hydrogens is 654 g/mol. The van der Waals surface area contributed by atoms with Gasteiger partial charge in [0.25, 0.3) is 5.56 Å². The molecule has 5 aromatic carbocycles. The Hall–Kier alpha value is -4.95. The van der Waals surface area contributed by atoms with Crippen molar-refractivity contribution in [2.24, 2.45) is 5.10 Å². The number of para-hydroxylation sites is 1. The lowest BCUT2D eigenvalue weighted by Gasteiger charge is -2.17. The molecule has 0 aliphatic rings. The number of halogens is 1. The topological polar surface area (TPSA) is 74.9 Å². The highest BCUT2D eigenvalue weighted by atomic mass is 79.9. The number of methoxy groups -OCH3 is 1. The molecular formula is C39H36BrN3O4. The van der Waals surface area contributed by atoms with Gasteiger partial charge in [-0.15, -0.1) is 0 Å². The second-order valence-corrected chi connectivity index (χ2v) is 12.4. The maximum atomic E-state index is 13.9. The van der Waals surface area contributed by atoms with E-state index in [2.05, 4.69) is 54.0 Å². The molecule has 47 heavy (non-hydrogen) atoms. The van der Waals surface area contributed by atoms with Crippen LogP contribution in [-0.4, -0.2) is 29.6 Å². The Morgan fingerprint density at radius 2 is 1.66 bits per heavy atom. The minimum absolute atomic E-state index is 0.198. The zero-order valence-electron chi connectivity index (χ0n) is 27.1. The molecule has 0 saturated heterocycles. The minimum atomic E-state index is -0.262. The van der Waals surface area contributed by atoms with E-state index < -0.39 is 0 Å². The third-order valence-corrected chi connectivity index (χ3v) is 8.69. The molecule has 0 N–H and O–H groups in total. The van der Waals surface area contributed by atoms with Crippen LogP contribution in [0.2, 0.25) is 0 Å². The van der Waals surface area contributed by atoms with Crippen molar-refractivity contribution in [1.82, 2.24) is 9.66 Å². The Bertz CT molecular complexity index is 2180. The monoisotopic (exact) mass is 689 g/mol. The zero-order valence-corrected chi connectivity index (χ0v) is 28.7. The Labute approximate surface area is 282 Å². The average Bonchev–Trinajstić information content (AvgIpc) is 3.07. The Kier molecular flexibility index (Phi) is 9.41. The number of aromatic nitrogens is 2. The third kappa shape index (κ3) is 6.51. The van der Waals surface area contributed by atoms with Crippen molar-refractivity contribution in [2.45, 2.75) is 40.2 Å². The maximum Gasteiger partial charge on any atom is 0.282 e. The van der Waals surface area contributed by atoms with Gasteiger partial charge in [-0.2, -0.15) is 9.78 Å². The first-order valence-electron chi connectivity index (χ1n) is 15.6. The molecule has 7 nitrogen and oxygen atoms in total. The summed E-state index contributed by atoms with van der Waals surface area (Å²) in [5.41, 5.74) is 4.90. The van der Waals surface area contributed by atoms with Crippen LogP contribution in [0.3, 0.4) is 0 Å². The van der Waals surface area contributed by atoms with E-state index in [0.29, 0.717) is 45.9 Å². The second-order valence-electron chi connectivity index (χ2n) is 11.6. The van der Waals surface area contributed by atoms with Crippen molar-refractivity contribution >= 4 is 43.8 Å². The number of ether oxygens (including phenoxy) is 3. The normalized spacial score (nSPS) is 11.6. The number of hydrogen-bond acceptors (Lipinski definition) is 6. The molecule has 238 valence electrons. The summed E-state index contributed by atoms with van der Waals surface area (Å²) in [6.07, 6.45) is 1.64. The van der Waals surface area contributed by atoms with E-state index in [1.54, 1.807) is 19.4 Å². The predicted octanol–water partition coefficient (Wildman–Crippen LogP) is 9.28. The summed E-state index contributed by atoms with van der Waals surface area (Å²) in [6.45, 7) is 8.95. The average molecular weight is 691 g/mol. The van der Waals surface area contributed by atoms with Crippen molar-refractivity contribution in [3.8, 4) is 28.6 Å². The molecule has 1 heterocycles. The van der Waals surface area contributed by atoms with Gasteiger partial charge in [-0.1, -0.05) is 68.4 Å². The van der Waals surface area contributed by atoms with Crippen molar-refractivity contribution in [3.63, 3.8) is 0 Å². The first kappa shape index (κ1) is 32.0. The van der Waals surface area contributed by atoms with Crippen LogP contribution in [0.15, 0.2) is 105 Å². The van der Waals surface area contributed by atoms with Crippen LogP contribution in [-0.2, 0) is 6.61 Å². The zero-order chi connectivity index (χ0) is 33.1. The first-order valence-corrected chi connectivity index (χ1v) is 16.4. The molecule has 0 aliphatic carbocycles. The van der Waals surface area contributed by atoms with Gasteiger partial charge in [0.15, 0.2) is 17.3 Å². The van der Waals surface area contributed by atoms with Crippen molar-refractivity contribution < 1.29 is 14.2 Å². The maximum absolute atomic E-state index is 13.9. The highest BCUT2D eigenvalue weighted by molar-refractivity contribution is 9.10. The molecule has 6 aromatic rings. The summed E-state index contributed by atoms with van der Waals surface area (Å²) in [6, 6.07) is 29.6. The first-order chi connectivity index (χ1) is 22.8. The SMILES string of the molecule is CCOc1cc(C=Nn2c(-c3cc(C(C)C)c(OC)cc3C)nc3ccccc3c2=O)cc(Br)c1OCc1cccc2ccccc12. The van der Waals surface area contributed by atoms with E-state index in [1.807, 2.05) is 74.5 Å². The number of benzene rings is 5. The lowest BCUT2D eigenvalue weighted by atomic mass is 9.96. The predicted molar refractivity (Wildman–Crippen MR) is 193 cm³/mol. The fourth-order valence-electron chi connectivity index (χ4n) is 5.73. The van der Waals surface area contributed by atoms with Crippen LogP contribution in [0.4, 0.5) is 0 Å². The number of nitrogens with zero attached hydrogens (tertiary/aromatic N) is 3. The molecule has 1 aromatic heterocycles. The van der Waals surface area contributed by atoms with Crippen LogP contribution in [0.1, 0.15) is 48.9 Å². The van der Waals surface area contributed by atoms with Gasteiger partial charge in [-0.05, 0) is 105 Å². The van der Waals surface area contributed by atoms with Crippen LogP contribution in [0, 0.1) is 6.92 Å². The van der Waals surface area contributed by atoms with Crippen molar-refractivity contribution in [2.75, 3.05) is 13.7 Å². The van der Waals surface area contributed by atoms with Gasteiger partial charge < -0.3 is 14.2 Å². The number of fused-ring (bicyclic) bond motifs is 2. The van der Waals surface area contributed by atoms with E-state index in [-0.39, 0.29) is 11.5 Å². The quantitative estimate of drug-likeness (QED) is 0.134. The summed E-state index contributed by atoms with van der Waals surface area (Å²) in [7, 11) is 1.67. The van der Waals surface area contributed by atoms with Crippen molar-refractivity contribution in [3.05, 3.63) is 128 Å². The summed E-state index contributed by atoms with van der Waals surface area (Å²) in [4.78, 5) is 18.9. The fourth-order valence-corrected chi connectivity index (χ4v) is 6.30.